The van der Waals surface area contributed by atoms with Crippen LogP contribution in [0.5, 0.6) is 5.75 Å². The van der Waals surface area contributed by atoms with E-state index in [0.717, 1.165) is 25.1 Å². The van der Waals surface area contributed by atoms with Crippen LogP contribution >= 0.6 is 0 Å². The van der Waals surface area contributed by atoms with Gasteiger partial charge >= 0.3 is 5.97 Å². The van der Waals surface area contributed by atoms with E-state index in [1.165, 1.54) is 7.11 Å². The van der Waals surface area contributed by atoms with E-state index in [4.69, 9.17) is 9.47 Å². The van der Waals surface area contributed by atoms with E-state index in [-0.39, 0.29) is 18.6 Å². The van der Waals surface area contributed by atoms with E-state index >= 15 is 0 Å². The molecule has 0 bridgehead atoms. The number of carbonyl (C=O) groups is 2. The zero-order valence-corrected chi connectivity index (χ0v) is 15.8. The van der Waals surface area contributed by atoms with Gasteiger partial charge in [-0.3, -0.25) is 4.79 Å². The van der Waals surface area contributed by atoms with Crippen LogP contribution in [0.1, 0.15) is 23.2 Å². The summed E-state index contributed by atoms with van der Waals surface area (Å²) in [6.07, 6.45) is 2.20. The summed E-state index contributed by atoms with van der Waals surface area (Å²) in [5.74, 6) is 0.0622. The van der Waals surface area contributed by atoms with E-state index in [1.807, 2.05) is 24.3 Å². The number of methoxy groups -OCH3 is 1. The molecule has 0 radical (unpaired) electrons. The first-order chi connectivity index (χ1) is 13.7. The smallest absolute Gasteiger partial charge is 0.337 e. The fraction of sp³-hybridized carbons (Fsp3) is 0.333. The minimum atomic E-state index is -0.417. The van der Waals surface area contributed by atoms with E-state index in [9.17, 15) is 9.59 Å². The van der Waals surface area contributed by atoms with Crippen molar-refractivity contribution < 1.29 is 23.8 Å². The molecular weight excluding hydrogens is 360 g/mol. The molecule has 1 saturated heterocycles. The minimum Gasteiger partial charge on any atom is -0.489 e. The van der Waals surface area contributed by atoms with Crippen molar-refractivity contribution in [2.45, 2.75) is 18.9 Å². The fourth-order valence-corrected chi connectivity index (χ4v) is 2.89. The van der Waals surface area contributed by atoms with Crippen molar-refractivity contribution in [1.82, 2.24) is 0 Å². The number of rotatable bonds is 8. The number of benzene rings is 2. The van der Waals surface area contributed by atoms with E-state index in [1.54, 1.807) is 24.3 Å². The maximum atomic E-state index is 12.2. The maximum Gasteiger partial charge on any atom is 0.337 e. The molecule has 3 rings (SSSR count). The molecule has 148 valence electrons. The molecule has 2 aromatic carbocycles. The molecule has 1 amide bonds. The number of hydrogen-bond donors (Lipinski definition) is 2. The molecule has 0 aliphatic carbocycles. The number of para-hydroxylation sites is 2. The van der Waals surface area contributed by atoms with E-state index < -0.39 is 5.97 Å². The lowest BCUT2D eigenvalue weighted by atomic mass is 10.2. The Morgan fingerprint density at radius 3 is 2.64 bits per heavy atom. The zero-order valence-electron chi connectivity index (χ0n) is 15.8. The maximum absolute atomic E-state index is 12.2. The first-order valence-corrected chi connectivity index (χ1v) is 9.21. The van der Waals surface area contributed by atoms with Gasteiger partial charge in [0, 0.05) is 12.3 Å². The van der Waals surface area contributed by atoms with Gasteiger partial charge in [-0.1, -0.05) is 12.1 Å². The van der Waals surface area contributed by atoms with Crippen molar-refractivity contribution in [3.05, 3.63) is 54.1 Å². The highest BCUT2D eigenvalue weighted by Gasteiger charge is 2.17. The van der Waals surface area contributed by atoms with Gasteiger partial charge in [-0.15, -0.1) is 0 Å². The van der Waals surface area contributed by atoms with E-state index in [0.29, 0.717) is 23.6 Å². The summed E-state index contributed by atoms with van der Waals surface area (Å²) in [6.45, 7) is 1.37. The van der Waals surface area contributed by atoms with Crippen molar-refractivity contribution in [3.63, 3.8) is 0 Å². The Hall–Kier alpha value is -3.06. The van der Waals surface area contributed by atoms with Gasteiger partial charge in [-0.2, -0.15) is 0 Å². The molecule has 1 aliphatic rings. The normalized spacial score (nSPS) is 15.7. The average molecular weight is 384 g/mol. The summed E-state index contributed by atoms with van der Waals surface area (Å²) in [5.41, 5.74) is 1.77. The topological polar surface area (TPSA) is 85.9 Å². The van der Waals surface area contributed by atoms with Crippen LogP contribution in [0.4, 0.5) is 11.4 Å². The quantitative estimate of drug-likeness (QED) is 0.681. The predicted molar refractivity (Wildman–Crippen MR) is 106 cm³/mol. The van der Waals surface area contributed by atoms with Crippen LogP contribution in [-0.2, 0) is 14.3 Å². The van der Waals surface area contributed by atoms with Crippen LogP contribution in [0.25, 0.3) is 0 Å². The van der Waals surface area contributed by atoms with Crippen LogP contribution in [0.15, 0.2) is 48.5 Å². The van der Waals surface area contributed by atoms with Gasteiger partial charge in [-0.05, 0) is 49.2 Å². The summed E-state index contributed by atoms with van der Waals surface area (Å²) >= 11 is 0. The highest BCUT2D eigenvalue weighted by atomic mass is 16.5. The predicted octanol–water partition coefficient (Wildman–Crippen LogP) is 3.08. The van der Waals surface area contributed by atoms with Gasteiger partial charge in [0.15, 0.2) is 0 Å². The number of anilines is 2. The summed E-state index contributed by atoms with van der Waals surface area (Å²) in [4.78, 5) is 23.6. The largest absolute Gasteiger partial charge is 0.489 e. The van der Waals surface area contributed by atoms with Crippen LogP contribution in [0.2, 0.25) is 0 Å². The second-order valence-electron chi connectivity index (χ2n) is 6.41. The van der Waals surface area contributed by atoms with Gasteiger partial charge in [-0.25, -0.2) is 4.79 Å². The Kier molecular flexibility index (Phi) is 6.86. The van der Waals surface area contributed by atoms with Gasteiger partial charge < -0.3 is 24.8 Å². The second-order valence-corrected chi connectivity index (χ2v) is 6.41. The number of esters is 1. The fourth-order valence-electron chi connectivity index (χ4n) is 2.89. The van der Waals surface area contributed by atoms with Crippen LogP contribution in [-0.4, -0.2) is 44.8 Å². The molecule has 28 heavy (non-hydrogen) atoms. The lowest BCUT2D eigenvalue weighted by Gasteiger charge is -2.15. The number of hydrogen-bond acceptors (Lipinski definition) is 6. The van der Waals surface area contributed by atoms with Gasteiger partial charge in [0.2, 0.25) is 5.91 Å². The molecule has 2 N–H and O–H groups in total. The molecule has 2 aromatic rings. The van der Waals surface area contributed by atoms with Crippen LogP contribution < -0.4 is 15.4 Å². The molecule has 0 saturated carbocycles. The van der Waals surface area contributed by atoms with Crippen molar-refractivity contribution >= 4 is 23.3 Å². The molecule has 0 aromatic heterocycles. The molecule has 1 unspecified atom stereocenters. The van der Waals surface area contributed by atoms with E-state index in [2.05, 4.69) is 15.4 Å². The Balaban J connectivity index is 1.50. The summed E-state index contributed by atoms with van der Waals surface area (Å²) < 4.78 is 16.1. The van der Waals surface area contributed by atoms with Crippen LogP contribution in [0.3, 0.4) is 0 Å². The summed E-state index contributed by atoms with van der Waals surface area (Å²) in [6, 6.07) is 14.0. The summed E-state index contributed by atoms with van der Waals surface area (Å²) in [5, 5.41) is 5.87. The van der Waals surface area contributed by atoms with Gasteiger partial charge in [0.1, 0.15) is 12.4 Å². The second kappa shape index (κ2) is 9.75. The Bertz CT molecular complexity index is 801. The molecule has 1 atom stereocenters. The first-order valence-electron chi connectivity index (χ1n) is 9.21. The minimum absolute atomic E-state index is 0.0824. The first kappa shape index (κ1) is 19.7. The van der Waals surface area contributed by atoms with Gasteiger partial charge in [0.05, 0.1) is 31.0 Å². The van der Waals surface area contributed by atoms with Crippen molar-refractivity contribution in [1.29, 1.82) is 0 Å². The molecule has 7 heteroatoms. The summed E-state index contributed by atoms with van der Waals surface area (Å²) in [7, 11) is 1.33. The molecule has 7 nitrogen and oxygen atoms in total. The Labute approximate surface area is 164 Å². The number of nitrogens with one attached hydrogen (secondary N) is 2. The lowest BCUT2D eigenvalue weighted by molar-refractivity contribution is -0.114. The standard InChI is InChI=1S/C21H24N2O5/c1-26-21(25)15-8-10-16(11-9-15)23-20(24)13-22-18-6-2-3-7-19(18)28-14-17-5-4-12-27-17/h2-3,6-11,17,22H,4-5,12-14H2,1H3,(H,23,24). The monoisotopic (exact) mass is 384 g/mol. The molecule has 1 aliphatic heterocycles. The number of ether oxygens (including phenoxy) is 3. The molecule has 0 spiro atoms. The van der Waals surface area contributed by atoms with Crippen molar-refractivity contribution in [2.75, 3.05) is 37.5 Å². The third-order valence-corrected chi connectivity index (χ3v) is 4.36. The molecular formula is C21H24N2O5. The van der Waals surface area contributed by atoms with Crippen molar-refractivity contribution in [3.8, 4) is 5.75 Å². The average Bonchev–Trinajstić information content (AvgIpc) is 3.25. The zero-order chi connectivity index (χ0) is 19.8. The number of amides is 1. The Morgan fingerprint density at radius 1 is 1.14 bits per heavy atom. The lowest BCUT2D eigenvalue weighted by Crippen LogP contribution is -2.22. The highest BCUT2D eigenvalue weighted by molar-refractivity contribution is 5.95. The third kappa shape index (κ3) is 5.47. The SMILES string of the molecule is COC(=O)c1ccc(NC(=O)CNc2ccccc2OCC2CCCO2)cc1. The van der Waals surface area contributed by atoms with Crippen LogP contribution in [0, 0.1) is 0 Å². The third-order valence-electron chi connectivity index (χ3n) is 4.36. The van der Waals surface area contributed by atoms with Crippen molar-refractivity contribution in [2.24, 2.45) is 0 Å². The Morgan fingerprint density at radius 2 is 1.93 bits per heavy atom. The molecule has 1 fully saturated rings. The highest BCUT2D eigenvalue weighted by Crippen LogP contribution is 2.25. The number of carbonyl (C=O) groups excluding carboxylic acids is 2. The van der Waals surface area contributed by atoms with Gasteiger partial charge in [0.25, 0.3) is 0 Å². The molecule has 1 heterocycles.